The second kappa shape index (κ2) is 10.6. The van der Waals surface area contributed by atoms with Crippen LogP contribution < -0.4 is 5.73 Å². The predicted molar refractivity (Wildman–Crippen MR) is 112 cm³/mol. The molecule has 0 saturated carbocycles. The lowest BCUT2D eigenvalue weighted by Crippen LogP contribution is -2.25. The van der Waals surface area contributed by atoms with Crippen LogP contribution in [0.15, 0.2) is 0 Å². The van der Waals surface area contributed by atoms with Crippen molar-refractivity contribution in [2.75, 3.05) is 25.4 Å². The van der Waals surface area contributed by atoms with Gasteiger partial charge in [-0.2, -0.15) is 5.10 Å². The zero-order valence-electron chi connectivity index (χ0n) is 17.0. The minimum atomic E-state index is 0.530. The Morgan fingerprint density at radius 1 is 0.926 bits per heavy atom. The lowest BCUT2D eigenvalue weighted by molar-refractivity contribution is 0.278. The van der Waals surface area contributed by atoms with Gasteiger partial charge in [0, 0.05) is 6.42 Å². The van der Waals surface area contributed by atoms with Crippen LogP contribution in [0.5, 0.6) is 0 Å². The Morgan fingerprint density at radius 3 is 2.48 bits per heavy atom. The summed E-state index contributed by atoms with van der Waals surface area (Å²) in [6.07, 6.45) is 14.7. The Hall–Kier alpha value is -1.69. The molecule has 0 aliphatic carbocycles. The molecule has 3 N–H and O–H groups in total. The quantitative estimate of drug-likeness (QED) is 0.609. The summed E-state index contributed by atoms with van der Waals surface area (Å²) in [5, 5.41) is 7.50. The summed E-state index contributed by atoms with van der Waals surface area (Å²) in [5.41, 5.74) is 8.86. The lowest BCUT2D eigenvalue weighted by Gasteiger charge is -2.19. The molecule has 3 rings (SSSR count). The second-order valence-corrected chi connectivity index (χ2v) is 7.94. The van der Waals surface area contributed by atoms with Crippen LogP contribution in [-0.4, -0.2) is 44.7 Å². The fourth-order valence-electron chi connectivity index (χ4n) is 3.98. The minimum Gasteiger partial charge on any atom is -0.382 e. The normalized spacial score (nSPS) is 16.0. The first-order valence-electron chi connectivity index (χ1n) is 11.0. The molecule has 1 saturated heterocycles. The lowest BCUT2D eigenvalue weighted by atomic mass is 10.1. The van der Waals surface area contributed by atoms with Crippen molar-refractivity contribution < 1.29 is 0 Å². The monoisotopic (exact) mass is 372 g/mol. The molecule has 0 atom stereocenters. The van der Waals surface area contributed by atoms with Crippen molar-refractivity contribution in [2.24, 2.45) is 0 Å². The Morgan fingerprint density at radius 2 is 1.70 bits per heavy atom. The van der Waals surface area contributed by atoms with E-state index < -0.39 is 0 Å². The predicted octanol–water partition coefficient (Wildman–Crippen LogP) is 4.26. The van der Waals surface area contributed by atoms with Gasteiger partial charge in [0.05, 0.1) is 5.69 Å². The molecule has 0 aromatic carbocycles. The molecule has 0 radical (unpaired) electrons. The Labute approximate surface area is 163 Å². The first kappa shape index (κ1) is 20.1. The van der Waals surface area contributed by atoms with Gasteiger partial charge in [0.1, 0.15) is 16.9 Å². The zero-order valence-corrected chi connectivity index (χ0v) is 17.0. The van der Waals surface area contributed by atoms with Crippen LogP contribution in [-0.2, 0) is 12.8 Å². The van der Waals surface area contributed by atoms with Crippen molar-refractivity contribution in [3.8, 4) is 0 Å². The maximum atomic E-state index is 6.09. The van der Waals surface area contributed by atoms with Crippen LogP contribution in [0, 0.1) is 0 Å². The van der Waals surface area contributed by atoms with Gasteiger partial charge in [0.2, 0.25) is 0 Å². The summed E-state index contributed by atoms with van der Waals surface area (Å²) in [4.78, 5) is 11.8. The number of nitrogens with one attached hydrogen (secondary N) is 1. The molecule has 1 aliphatic rings. The molecular formula is C21H36N6. The average molecular weight is 373 g/mol. The highest BCUT2D eigenvalue weighted by atomic mass is 15.2. The maximum absolute atomic E-state index is 6.09. The molecule has 1 aliphatic heterocycles. The molecule has 150 valence electrons. The van der Waals surface area contributed by atoms with Gasteiger partial charge in [-0.1, -0.05) is 39.0 Å². The van der Waals surface area contributed by atoms with E-state index in [-0.39, 0.29) is 0 Å². The number of hydrogen-bond donors (Lipinski definition) is 2. The van der Waals surface area contributed by atoms with Crippen LogP contribution in [0.2, 0.25) is 0 Å². The van der Waals surface area contributed by atoms with Gasteiger partial charge in [-0.15, -0.1) is 0 Å². The van der Waals surface area contributed by atoms with Gasteiger partial charge >= 0.3 is 0 Å². The van der Waals surface area contributed by atoms with Gasteiger partial charge in [0.25, 0.3) is 0 Å². The third kappa shape index (κ3) is 5.89. The zero-order chi connectivity index (χ0) is 18.9. The number of hydrogen-bond acceptors (Lipinski definition) is 5. The van der Waals surface area contributed by atoms with E-state index in [1.807, 2.05) is 0 Å². The summed E-state index contributed by atoms with van der Waals surface area (Å²) in [5.74, 6) is 1.38. The number of unbranched alkanes of at least 4 members (excludes halogenated alkanes) is 4. The van der Waals surface area contributed by atoms with E-state index in [0.29, 0.717) is 5.82 Å². The topological polar surface area (TPSA) is 83.7 Å². The molecule has 0 unspecified atom stereocenters. The van der Waals surface area contributed by atoms with Crippen LogP contribution in [0.4, 0.5) is 5.82 Å². The largest absolute Gasteiger partial charge is 0.382 e. The number of nitrogens with two attached hydrogens (primary N) is 1. The van der Waals surface area contributed by atoms with Crippen molar-refractivity contribution in [2.45, 2.75) is 84.0 Å². The van der Waals surface area contributed by atoms with Crippen LogP contribution in [0.3, 0.4) is 0 Å². The van der Waals surface area contributed by atoms with Gasteiger partial charge in [-0.05, 0) is 58.2 Å². The summed E-state index contributed by atoms with van der Waals surface area (Å²) < 4.78 is 0. The number of anilines is 1. The highest BCUT2D eigenvalue weighted by molar-refractivity contribution is 5.85. The van der Waals surface area contributed by atoms with E-state index >= 15 is 0 Å². The number of aromatic nitrogens is 4. The Kier molecular flexibility index (Phi) is 7.87. The molecule has 2 aromatic rings. The summed E-state index contributed by atoms with van der Waals surface area (Å²) in [6.45, 7) is 6.06. The van der Waals surface area contributed by atoms with Crippen LogP contribution >= 0.6 is 0 Å². The third-order valence-electron chi connectivity index (χ3n) is 5.65. The third-order valence-corrected chi connectivity index (χ3v) is 5.65. The van der Waals surface area contributed by atoms with E-state index in [0.717, 1.165) is 54.7 Å². The molecule has 6 nitrogen and oxygen atoms in total. The van der Waals surface area contributed by atoms with Crippen molar-refractivity contribution in [3.05, 3.63) is 11.5 Å². The van der Waals surface area contributed by atoms with Crippen molar-refractivity contribution in [1.29, 1.82) is 0 Å². The van der Waals surface area contributed by atoms with Gasteiger partial charge in [-0.3, -0.25) is 5.10 Å². The SMILES string of the molecule is CCCCc1nc(N)c2[nH]nc(CCCCCCN3CCCCCC3)c2n1. The molecule has 6 heteroatoms. The molecular weight excluding hydrogens is 336 g/mol. The Balaban J connectivity index is 1.43. The van der Waals surface area contributed by atoms with E-state index in [4.69, 9.17) is 10.7 Å². The molecule has 27 heavy (non-hydrogen) atoms. The molecule has 0 amide bonds. The molecule has 3 heterocycles. The summed E-state index contributed by atoms with van der Waals surface area (Å²) in [7, 11) is 0. The average Bonchev–Trinajstić information content (AvgIpc) is 2.90. The summed E-state index contributed by atoms with van der Waals surface area (Å²) >= 11 is 0. The fraction of sp³-hybridized carbons (Fsp3) is 0.762. The smallest absolute Gasteiger partial charge is 0.153 e. The highest BCUT2D eigenvalue weighted by Gasteiger charge is 2.13. The number of aryl methyl sites for hydroxylation is 2. The molecule has 1 fully saturated rings. The number of nitrogen functional groups attached to an aromatic ring is 1. The van der Waals surface area contributed by atoms with E-state index in [1.54, 1.807) is 0 Å². The number of fused-ring (bicyclic) bond motifs is 1. The number of rotatable bonds is 10. The fourth-order valence-corrected chi connectivity index (χ4v) is 3.98. The maximum Gasteiger partial charge on any atom is 0.153 e. The van der Waals surface area contributed by atoms with E-state index in [2.05, 4.69) is 27.0 Å². The number of aromatic amines is 1. The van der Waals surface area contributed by atoms with Crippen LogP contribution in [0.25, 0.3) is 11.0 Å². The molecule has 0 bridgehead atoms. The number of nitrogens with zero attached hydrogens (tertiary/aromatic N) is 4. The van der Waals surface area contributed by atoms with Gasteiger partial charge in [-0.25, -0.2) is 9.97 Å². The molecule has 0 spiro atoms. The van der Waals surface area contributed by atoms with E-state index in [9.17, 15) is 0 Å². The minimum absolute atomic E-state index is 0.530. The number of likely N-dealkylation sites (tertiary alicyclic amines) is 1. The standard InChI is InChI=1S/C21H36N6/c1-2-3-13-18-23-19-17(25-26-20(19)21(22)24-18)12-8-4-5-9-14-27-15-10-6-7-11-16-27/h2-16H2,1H3,(H,25,26)(H2,22,23,24). The first-order valence-corrected chi connectivity index (χ1v) is 11.0. The van der Waals surface area contributed by atoms with Crippen molar-refractivity contribution in [3.63, 3.8) is 0 Å². The molecule has 2 aromatic heterocycles. The van der Waals surface area contributed by atoms with Gasteiger partial charge < -0.3 is 10.6 Å². The number of H-pyrrole nitrogens is 1. The highest BCUT2D eigenvalue weighted by Crippen LogP contribution is 2.21. The van der Waals surface area contributed by atoms with Crippen molar-refractivity contribution >= 4 is 16.9 Å². The van der Waals surface area contributed by atoms with Crippen LogP contribution in [0.1, 0.15) is 82.7 Å². The second-order valence-electron chi connectivity index (χ2n) is 7.94. The van der Waals surface area contributed by atoms with Crippen molar-refractivity contribution in [1.82, 2.24) is 25.1 Å². The Bertz CT molecular complexity index is 687. The van der Waals surface area contributed by atoms with E-state index in [1.165, 1.54) is 64.6 Å². The van der Waals surface area contributed by atoms with Gasteiger partial charge in [0.15, 0.2) is 5.82 Å². The first-order chi connectivity index (χ1) is 13.3. The summed E-state index contributed by atoms with van der Waals surface area (Å²) in [6, 6.07) is 0.